The molecule has 0 radical (unpaired) electrons. The Labute approximate surface area is 128 Å². The van der Waals surface area contributed by atoms with Crippen molar-refractivity contribution in [1.82, 2.24) is 0 Å². The molecule has 1 aromatic carbocycles. The molecule has 0 spiro atoms. The Hall–Kier alpha value is -1.51. The first-order valence-corrected chi connectivity index (χ1v) is 9.86. The predicted octanol–water partition coefficient (Wildman–Crippen LogP) is 2.16. The van der Waals surface area contributed by atoms with Crippen LogP contribution in [0.1, 0.15) is 15.2 Å². The van der Waals surface area contributed by atoms with Crippen LogP contribution in [0.3, 0.4) is 0 Å². The molecule has 1 N–H and O–H groups in total. The molecule has 0 aliphatic carbocycles. The van der Waals surface area contributed by atoms with E-state index in [1.165, 1.54) is 24.3 Å². The van der Waals surface area contributed by atoms with E-state index in [1.807, 2.05) is 0 Å². The van der Waals surface area contributed by atoms with Crippen molar-refractivity contribution >= 4 is 37.9 Å². The minimum atomic E-state index is -3.29. The summed E-state index contributed by atoms with van der Waals surface area (Å²) in [7, 11) is -4.71. The summed E-state index contributed by atoms with van der Waals surface area (Å²) in [6.45, 7) is 0. The van der Waals surface area contributed by atoms with Crippen LogP contribution < -0.4 is 0 Å². The summed E-state index contributed by atoms with van der Waals surface area (Å²) in [6, 6.07) is 7.40. The number of carboxylic acids is 1. The van der Waals surface area contributed by atoms with Crippen LogP contribution in [-0.4, -0.2) is 30.0 Å². The summed E-state index contributed by atoms with van der Waals surface area (Å²) >= 11 is 1.09. The van der Waals surface area contributed by atoms with Crippen LogP contribution in [0.2, 0.25) is 0 Å². The lowest BCUT2D eigenvalue weighted by molar-refractivity contribution is 0.0701. The summed E-state index contributed by atoms with van der Waals surface area (Å²) < 4.78 is 34.9. The van der Waals surface area contributed by atoms with Gasteiger partial charge in [-0.05, 0) is 41.3 Å². The highest BCUT2D eigenvalue weighted by molar-refractivity contribution is 7.90. The largest absolute Gasteiger partial charge is 0.477 e. The zero-order valence-electron chi connectivity index (χ0n) is 11.0. The van der Waals surface area contributed by atoms with E-state index in [-0.39, 0.29) is 15.5 Å². The third-order valence-corrected chi connectivity index (χ3v) is 6.19. The first kappa shape index (κ1) is 15.9. The number of hydrogen-bond acceptors (Lipinski definition) is 5. The molecule has 2 aromatic rings. The van der Waals surface area contributed by atoms with Gasteiger partial charge in [0.05, 0.1) is 21.4 Å². The van der Waals surface area contributed by atoms with Crippen molar-refractivity contribution in [2.24, 2.45) is 0 Å². The minimum Gasteiger partial charge on any atom is -0.477 e. The fourth-order valence-electron chi connectivity index (χ4n) is 1.70. The second kappa shape index (κ2) is 6.08. The lowest BCUT2D eigenvalue weighted by Crippen LogP contribution is -2.02. The molecule has 0 aliphatic heterocycles. The van der Waals surface area contributed by atoms with Gasteiger partial charge in [0.15, 0.2) is 9.84 Å². The van der Waals surface area contributed by atoms with Crippen LogP contribution in [0.5, 0.6) is 0 Å². The van der Waals surface area contributed by atoms with Gasteiger partial charge in [-0.2, -0.15) is 0 Å². The van der Waals surface area contributed by atoms with Crippen molar-refractivity contribution in [3.8, 4) is 0 Å². The smallest absolute Gasteiger partial charge is 0.346 e. The lowest BCUT2D eigenvalue weighted by Gasteiger charge is -2.04. The van der Waals surface area contributed by atoms with E-state index in [2.05, 4.69) is 0 Å². The van der Waals surface area contributed by atoms with Crippen molar-refractivity contribution in [3.05, 3.63) is 46.2 Å². The average molecular weight is 344 g/mol. The fraction of sp³-hybridized carbons (Fsp3) is 0.154. The van der Waals surface area contributed by atoms with Crippen LogP contribution in [0.25, 0.3) is 0 Å². The normalized spacial score (nSPS) is 13.0. The molecular weight excluding hydrogens is 332 g/mol. The van der Waals surface area contributed by atoms with Crippen molar-refractivity contribution in [3.63, 3.8) is 0 Å². The summed E-state index contributed by atoms with van der Waals surface area (Å²) in [6.07, 6.45) is 1.10. The maximum atomic E-state index is 12.2. The standard InChI is InChI=1S/C13H12O5S3/c1-21(17,18)11-4-2-10(3-5-11)20(16)8-9-6-7-19-12(9)13(14)15/h2-7H,8H2,1H3,(H,14,15). The van der Waals surface area contributed by atoms with Crippen molar-refractivity contribution in [2.75, 3.05) is 6.26 Å². The number of carbonyl (C=O) groups is 1. The quantitative estimate of drug-likeness (QED) is 0.898. The number of thiophene rings is 1. The van der Waals surface area contributed by atoms with Gasteiger partial charge in [0.1, 0.15) is 4.88 Å². The lowest BCUT2D eigenvalue weighted by atomic mass is 10.3. The molecule has 0 saturated heterocycles. The predicted molar refractivity (Wildman–Crippen MR) is 80.9 cm³/mol. The van der Waals surface area contributed by atoms with Crippen LogP contribution in [0.15, 0.2) is 45.5 Å². The third kappa shape index (κ3) is 3.78. The average Bonchev–Trinajstić information content (AvgIpc) is 2.86. The SMILES string of the molecule is CS(=O)(=O)c1ccc(S(=O)Cc2ccsc2C(=O)O)cc1. The maximum Gasteiger partial charge on any atom is 0.346 e. The van der Waals surface area contributed by atoms with Crippen LogP contribution >= 0.6 is 11.3 Å². The summed E-state index contributed by atoms with van der Waals surface area (Å²) in [5.74, 6) is -0.951. The maximum absolute atomic E-state index is 12.2. The number of hydrogen-bond donors (Lipinski definition) is 1. The van der Waals surface area contributed by atoms with Gasteiger partial charge in [-0.15, -0.1) is 11.3 Å². The van der Waals surface area contributed by atoms with E-state index in [0.717, 1.165) is 17.6 Å². The van der Waals surface area contributed by atoms with Gasteiger partial charge in [0.2, 0.25) is 0 Å². The molecule has 112 valence electrons. The van der Waals surface area contributed by atoms with Gasteiger partial charge in [-0.25, -0.2) is 13.2 Å². The Balaban J connectivity index is 2.21. The molecule has 2 rings (SSSR count). The first-order chi connectivity index (χ1) is 9.79. The Morgan fingerprint density at radius 3 is 2.38 bits per heavy atom. The molecule has 1 unspecified atom stereocenters. The van der Waals surface area contributed by atoms with E-state index >= 15 is 0 Å². The van der Waals surface area contributed by atoms with Gasteiger partial charge in [0, 0.05) is 11.2 Å². The Kier molecular flexibility index (Phi) is 4.60. The molecule has 8 heteroatoms. The van der Waals surface area contributed by atoms with Gasteiger partial charge in [0.25, 0.3) is 0 Å². The van der Waals surface area contributed by atoms with Crippen molar-refractivity contribution in [1.29, 1.82) is 0 Å². The molecule has 1 heterocycles. The number of aromatic carboxylic acids is 1. The second-order valence-corrected chi connectivity index (χ2v) is 8.70. The Morgan fingerprint density at radius 2 is 1.86 bits per heavy atom. The van der Waals surface area contributed by atoms with E-state index in [9.17, 15) is 17.4 Å². The van der Waals surface area contributed by atoms with Gasteiger partial charge < -0.3 is 5.11 Å². The Morgan fingerprint density at radius 1 is 1.24 bits per heavy atom. The van der Waals surface area contributed by atoms with E-state index < -0.39 is 26.6 Å². The minimum absolute atomic E-state index is 0.0867. The molecular formula is C13H12O5S3. The Bertz CT molecular complexity index is 787. The molecule has 0 amide bonds. The number of carboxylic acid groups (broad SMARTS) is 1. The summed E-state index contributed by atoms with van der Waals surface area (Å²) in [5, 5.41) is 10.7. The summed E-state index contributed by atoms with van der Waals surface area (Å²) in [5.41, 5.74) is 0.512. The van der Waals surface area contributed by atoms with E-state index in [4.69, 9.17) is 5.11 Å². The molecule has 1 atom stereocenters. The molecule has 1 aromatic heterocycles. The molecule has 0 aliphatic rings. The van der Waals surface area contributed by atoms with E-state index in [0.29, 0.717) is 10.5 Å². The van der Waals surface area contributed by atoms with E-state index in [1.54, 1.807) is 11.4 Å². The molecule has 5 nitrogen and oxygen atoms in total. The summed E-state index contributed by atoms with van der Waals surface area (Å²) in [4.78, 5) is 11.8. The number of sulfone groups is 1. The zero-order chi connectivity index (χ0) is 15.6. The highest BCUT2D eigenvalue weighted by Gasteiger charge is 2.15. The molecule has 0 saturated carbocycles. The third-order valence-electron chi connectivity index (χ3n) is 2.74. The highest BCUT2D eigenvalue weighted by Crippen LogP contribution is 2.21. The topological polar surface area (TPSA) is 88.5 Å². The van der Waals surface area contributed by atoms with Gasteiger partial charge >= 0.3 is 5.97 Å². The van der Waals surface area contributed by atoms with Crippen LogP contribution in [-0.2, 0) is 26.4 Å². The van der Waals surface area contributed by atoms with Crippen LogP contribution in [0, 0.1) is 0 Å². The van der Waals surface area contributed by atoms with Gasteiger partial charge in [-0.3, -0.25) is 4.21 Å². The zero-order valence-corrected chi connectivity index (χ0v) is 13.4. The highest BCUT2D eigenvalue weighted by atomic mass is 32.2. The van der Waals surface area contributed by atoms with Crippen LogP contribution in [0.4, 0.5) is 0 Å². The second-order valence-electron chi connectivity index (χ2n) is 4.31. The molecule has 0 fully saturated rings. The van der Waals surface area contributed by atoms with Crippen molar-refractivity contribution in [2.45, 2.75) is 15.5 Å². The number of rotatable bonds is 5. The van der Waals surface area contributed by atoms with Gasteiger partial charge in [-0.1, -0.05) is 0 Å². The fourth-order valence-corrected chi connectivity index (χ4v) is 4.31. The number of benzene rings is 1. The first-order valence-electron chi connectivity index (χ1n) is 5.77. The molecule has 21 heavy (non-hydrogen) atoms. The van der Waals surface area contributed by atoms with Crippen molar-refractivity contribution < 1.29 is 22.5 Å². The molecule has 0 bridgehead atoms. The monoisotopic (exact) mass is 344 g/mol.